The molecule has 1 unspecified atom stereocenters. The maximum Gasteiger partial charge on any atom is 0.328 e. The highest BCUT2D eigenvalue weighted by molar-refractivity contribution is 8.02. The number of carbonyl (C=O) groups excluding carboxylic acids is 1. The Hall–Kier alpha value is -1.23. The van der Waals surface area contributed by atoms with E-state index < -0.39 is 22.8 Å². The van der Waals surface area contributed by atoms with Crippen LogP contribution in [0.1, 0.15) is 6.92 Å². The highest BCUT2D eigenvalue weighted by Crippen LogP contribution is 2.51. The molecule has 0 aliphatic carbocycles. The van der Waals surface area contributed by atoms with Crippen LogP contribution in [-0.2, 0) is 9.59 Å². The van der Waals surface area contributed by atoms with Crippen LogP contribution < -0.4 is 5.73 Å². The van der Waals surface area contributed by atoms with Gasteiger partial charge in [-0.05, 0) is 13.0 Å². The van der Waals surface area contributed by atoms with Crippen LogP contribution in [0.15, 0.2) is 18.4 Å². The van der Waals surface area contributed by atoms with Crippen LogP contribution in [0.5, 0.6) is 0 Å². The van der Waals surface area contributed by atoms with Crippen molar-refractivity contribution in [2.24, 2.45) is 5.73 Å². The molecule has 2 fully saturated rings. The summed E-state index contributed by atoms with van der Waals surface area (Å²) in [5.41, 5.74) is 8.23. The average Bonchev–Trinajstić information content (AvgIpc) is 2.49. The predicted molar refractivity (Wildman–Crippen MR) is 59.7 cm³/mol. The molecule has 1 amide bonds. The highest BCUT2D eigenvalue weighted by atomic mass is 32.2. The minimum atomic E-state index is -1.02. The molecule has 6 heteroatoms. The maximum atomic E-state index is 11.5. The van der Waals surface area contributed by atoms with Crippen molar-refractivity contribution in [3.05, 3.63) is 18.4 Å². The molecule has 2 aliphatic heterocycles. The Balaban J connectivity index is 2.40. The predicted octanol–water partition coefficient (Wildman–Crippen LogP) is -0.218. The molecule has 2 heterocycles. The second-order valence-electron chi connectivity index (χ2n) is 4.05. The number of nitrogens with zero attached hydrogens (tertiary/aromatic N) is 1. The van der Waals surface area contributed by atoms with Crippen LogP contribution in [0, 0.1) is 0 Å². The van der Waals surface area contributed by atoms with Crippen molar-refractivity contribution in [3.63, 3.8) is 0 Å². The Labute approximate surface area is 97.0 Å². The number of carbonyl (C=O) groups is 2. The summed E-state index contributed by atoms with van der Waals surface area (Å²) in [6.07, 6.45) is 1.59. The number of aliphatic carboxylic acids is 1. The summed E-state index contributed by atoms with van der Waals surface area (Å²) in [5, 5.41) is 8.94. The first kappa shape index (κ1) is 11.3. The molecule has 0 spiro atoms. The lowest BCUT2D eigenvalue weighted by atomic mass is 9.95. The number of rotatable bonds is 2. The smallest absolute Gasteiger partial charge is 0.328 e. The van der Waals surface area contributed by atoms with E-state index in [0.717, 1.165) is 0 Å². The number of fused-ring (bicyclic) bond motifs is 1. The number of carboxylic acids is 1. The quantitative estimate of drug-likeness (QED) is 0.515. The normalized spacial score (nSPS) is 41.0. The zero-order valence-corrected chi connectivity index (χ0v) is 9.53. The van der Waals surface area contributed by atoms with E-state index in [0.29, 0.717) is 0 Å². The molecule has 0 aromatic rings. The number of hydrogen-bond acceptors (Lipinski definition) is 4. The summed E-state index contributed by atoms with van der Waals surface area (Å²) in [6, 6.07) is -1.48. The van der Waals surface area contributed by atoms with Gasteiger partial charge < -0.3 is 15.7 Å². The van der Waals surface area contributed by atoms with Gasteiger partial charge in [-0.2, -0.15) is 0 Å². The van der Waals surface area contributed by atoms with Gasteiger partial charge in [-0.1, -0.05) is 6.58 Å². The van der Waals surface area contributed by atoms with E-state index in [-0.39, 0.29) is 11.3 Å². The first-order chi connectivity index (χ1) is 7.42. The fraction of sp³-hybridized carbons (Fsp3) is 0.500. The third-order valence-corrected chi connectivity index (χ3v) is 4.55. The van der Waals surface area contributed by atoms with Gasteiger partial charge in [0.2, 0.25) is 5.91 Å². The van der Waals surface area contributed by atoms with E-state index in [1.807, 2.05) is 0 Å². The molecule has 3 N–H and O–H groups in total. The van der Waals surface area contributed by atoms with Crippen LogP contribution in [0.3, 0.4) is 0 Å². The maximum absolute atomic E-state index is 11.5. The number of nitrogens with two attached hydrogens (primary N) is 1. The Morgan fingerprint density at radius 3 is 2.94 bits per heavy atom. The first-order valence-electron chi connectivity index (χ1n) is 4.78. The number of amides is 1. The molecule has 16 heavy (non-hydrogen) atoms. The van der Waals surface area contributed by atoms with Gasteiger partial charge in [0.1, 0.15) is 17.5 Å². The number of thioether (sulfide) groups is 1. The SMILES string of the molecule is C=C=C[C@@]1(C)S[C@@H]2[C@H](N)C(=O)N2C1C(=O)O. The third kappa shape index (κ3) is 1.24. The zero-order chi connectivity index (χ0) is 12.1. The molecule has 0 aromatic carbocycles. The standard InChI is InChI=1S/C10H12N2O3S/c1-3-4-10(2)6(9(14)15)12-7(13)5(11)8(12)16-10/h4-6,8H,1,11H2,2H3,(H,14,15)/t5-,6?,8-,10-/m1/s1. The van der Waals surface area contributed by atoms with E-state index in [2.05, 4.69) is 12.3 Å². The van der Waals surface area contributed by atoms with E-state index in [1.54, 1.807) is 13.0 Å². The molecule has 86 valence electrons. The van der Waals surface area contributed by atoms with Crippen molar-refractivity contribution in [2.45, 2.75) is 29.1 Å². The largest absolute Gasteiger partial charge is 0.480 e. The lowest BCUT2D eigenvalue weighted by Crippen LogP contribution is -2.68. The molecular formula is C10H12N2O3S. The molecule has 0 radical (unpaired) electrons. The van der Waals surface area contributed by atoms with Crippen molar-refractivity contribution < 1.29 is 14.7 Å². The van der Waals surface area contributed by atoms with Crippen LogP contribution in [0.4, 0.5) is 0 Å². The van der Waals surface area contributed by atoms with Gasteiger partial charge in [0, 0.05) is 0 Å². The molecule has 0 saturated carbocycles. The molecule has 2 aliphatic rings. The average molecular weight is 240 g/mol. The van der Waals surface area contributed by atoms with E-state index in [1.165, 1.54) is 16.7 Å². The van der Waals surface area contributed by atoms with E-state index in [4.69, 9.17) is 5.73 Å². The summed E-state index contributed by atoms with van der Waals surface area (Å²) in [7, 11) is 0. The van der Waals surface area contributed by atoms with Gasteiger partial charge in [0.15, 0.2) is 0 Å². The first-order valence-corrected chi connectivity index (χ1v) is 5.65. The van der Waals surface area contributed by atoms with Crippen LogP contribution in [-0.4, -0.2) is 44.1 Å². The van der Waals surface area contributed by atoms with Crippen molar-refractivity contribution >= 4 is 23.6 Å². The zero-order valence-electron chi connectivity index (χ0n) is 8.71. The Morgan fingerprint density at radius 2 is 2.44 bits per heavy atom. The fourth-order valence-corrected chi connectivity index (χ4v) is 3.81. The second-order valence-corrected chi connectivity index (χ2v) is 5.65. The highest BCUT2D eigenvalue weighted by Gasteiger charge is 2.63. The van der Waals surface area contributed by atoms with Crippen LogP contribution in [0.25, 0.3) is 0 Å². The Kier molecular flexibility index (Phi) is 2.38. The molecular weight excluding hydrogens is 228 g/mol. The molecule has 0 bridgehead atoms. The summed E-state index contributed by atoms with van der Waals surface area (Å²) in [6.45, 7) is 5.21. The number of carboxylic acid groups (broad SMARTS) is 1. The van der Waals surface area contributed by atoms with Crippen molar-refractivity contribution in [3.8, 4) is 0 Å². The summed E-state index contributed by atoms with van der Waals surface area (Å²) < 4.78 is -0.706. The van der Waals surface area contributed by atoms with Crippen molar-refractivity contribution in [2.75, 3.05) is 0 Å². The monoisotopic (exact) mass is 240 g/mol. The van der Waals surface area contributed by atoms with Crippen molar-refractivity contribution in [1.29, 1.82) is 0 Å². The Morgan fingerprint density at radius 1 is 1.81 bits per heavy atom. The molecule has 5 nitrogen and oxygen atoms in total. The minimum Gasteiger partial charge on any atom is -0.480 e. The Bertz CT molecular complexity index is 418. The molecule has 4 atom stereocenters. The second kappa shape index (κ2) is 3.38. The van der Waals surface area contributed by atoms with Gasteiger partial charge in [0.25, 0.3) is 0 Å². The van der Waals surface area contributed by atoms with Crippen LogP contribution >= 0.6 is 11.8 Å². The summed E-state index contributed by atoms with van der Waals surface area (Å²) in [5.74, 6) is -1.32. The lowest BCUT2D eigenvalue weighted by molar-refractivity contribution is -0.158. The van der Waals surface area contributed by atoms with E-state index in [9.17, 15) is 14.7 Å². The molecule has 2 rings (SSSR count). The summed E-state index contributed by atoms with van der Waals surface area (Å²) in [4.78, 5) is 24.1. The molecule has 2 saturated heterocycles. The topological polar surface area (TPSA) is 83.6 Å². The van der Waals surface area contributed by atoms with Crippen LogP contribution in [0.2, 0.25) is 0 Å². The molecule has 0 aromatic heterocycles. The van der Waals surface area contributed by atoms with E-state index >= 15 is 0 Å². The minimum absolute atomic E-state index is 0.247. The summed E-state index contributed by atoms with van der Waals surface area (Å²) >= 11 is 1.38. The number of β-lactam (4-membered cyclic amide) rings is 1. The third-order valence-electron chi connectivity index (χ3n) is 2.94. The van der Waals surface area contributed by atoms with Gasteiger partial charge in [-0.25, -0.2) is 4.79 Å². The lowest BCUT2D eigenvalue weighted by Gasteiger charge is -2.41. The fourth-order valence-electron chi connectivity index (χ4n) is 2.20. The van der Waals surface area contributed by atoms with Crippen molar-refractivity contribution in [1.82, 2.24) is 4.90 Å². The van der Waals surface area contributed by atoms with Gasteiger partial charge in [-0.3, -0.25) is 4.79 Å². The van der Waals surface area contributed by atoms with Gasteiger partial charge >= 0.3 is 5.97 Å². The number of hydrogen-bond donors (Lipinski definition) is 2. The van der Waals surface area contributed by atoms with Gasteiger partial charge in [0.05, 0.1) is 4.75 Å². The van der Waals surface area contributed by atoms with Gasteiger partial charge in [-0.15, -0.1) is 17.5 Å².